The lowest BCUT2D eigenvalue weighted by Crippen LogP contribution is -2.39. The molecule has 24 heavy (non-hydrogen) atoms. The molecular formula is C17H20F3NO3. The van der Waals surface area contributed by atoms with Gasteiger partial charge in [-0.1, -0.05) is 18.2 Å². The standard InChI is InChI=1S/C17H20F3NO3/c1-16(2,3)24-15(22)21-9-7-12(8-10-21)13-5-4-6-14(11-13)23-17(18,19)20/h4-7,11H,8-10H2,1-3H3. The zero-order chi connectivity index (χ0) is 18.0. The van der Waals surface area contributed by atoms with Crippen LogP contribution in [0.25, 0.3) is 5.57 Å². The second-order valence-corrected chi connectivity index (χ2v) is 6.48. The lowest BCUT2D eigenvalue weighted by molar-refractivity contribution is -0.274. The summed E-state index contributed by atoms with van der Waals surface area (Å²) in [5.41, 5.74) is 0.965. The van der Waals surface area contributed by atoms with Gasteiger partial charge in [-0.15, -0.1) is 13.2 Å². The maximum absolute atomic E-state index is 12.3. The summed E-state index contributed by atoms with van der Waals surface area (Å²) in [6.45, 7) is 6.19. The van der Waals surface area contributed by atoms with Crippen LogP contribution < -0.4 is 4.74 Å². The SMILES string of the molecule is CC(C)(C)OC(=O)N1CC=C(c2cccc(OC(F)(F)F)c2)CC1. The van der Waals surface area contributed by atoms with Gasteiger partial charge in [0, 0.05) is 13.1 Å². The minimum absolute atomic E-state index is 0.254. The maximum Gasteiger partial charge on any atom is 0.573 e. The normalized spacial score (nSPS) is 15.8. The van der Waals surface area contributed by atoms with Crippen molar-refractivity contribution in [2.75, 3.05) is 13.1 Å². The number of hydrogen-bond acceptors (Lipinski definition) is 3. The Morgan fingerprint density at radius 3 is 2.46 bits per heavy atom. The molecule has 4 nitrogen and oxygen atoms in total. The van der Waals surface area contributed by atoms with Crippen molar-refractivity contribution in [2.24, 2.45) is 0 Å². The Kier molecular flexibility index (Phi) is 5.11. The first-order valence-corrected chi connectivity index (χ1v) is 7.57. The number of halogens is 3. The molecule has 0 bridgehead atoms. The predicted octanol–water partition coefficient (Wildman–Crippen LogP) is 4.61. The highest BCUT2D eigenvalue weighted by Crippen LogP contribution is 2.29. The van der Waals surface area contributed by atoms with Crippen molar-refractivity contribution in [2.45, 2.75) is 39.2 Å². The van der Waals surface area contributed by atoms with Crippen molar-refractivity contribution >= 4 is 11.7 Å². The van der Waals surface area contributed by atoms with Crippen LogP contribution in [0.4, 0.5) is 18.0 Å². The molecule has 7 heteroatoms. The van der Waals surface area contributed by atoms with E-state index >= 15 is 0 Å². The van der Waals surface area contributed by atoms with E-state index in [9.17, 15) is 18.0 Å². The second-order valence-electron chi connectivity index (χ2n) is 6.48. The van der Waals surface area contributed by atoms with E-state index in [2.05, 4.69) is 4.74 Å². The zero-order valence-electron chi connectivity index (χ0n) is 13.8. The monoisotopic (exact) mass is 343 g/mol. The number of nitrogens with zero attached hydrogens (tertiary/aromatic N) is 1. The summed E-state index contributed by atoms with van der Waals surface area (Å²) in [4.78, 5) is 13.6. The quantitative estimate of drug-likeness (QED) is 0.787. The average molecular weight is 343 g/mol. The van der Waals surface area contributed by atoms with Gasteiger partial charge < -0.3 is 14.4 Å². The molecule has 0 saturated heterocycles. The molecule has 0 aliphatic carbocycles. The fourth-order valence-corrected chi connectivity index (χ4v) is 2.32. The highest BCUT2D eigenvalue weighted by Gasteiger charge is 2.31. The number of amides is 1. The molecule has 0 radical (unpaired) electrons. The highest BCUT2D eigenvalue weighted by molar-refractivity contribution is 5.73. The molecule has 0 fully saturated rings. The lowest BCUT2D eigenvalue weighted by Gasteiger charge is -2.29. The van der Waals surface area contributed by atoms with Crippen molar-refractivity contribution in [1.82, 2.24) is 4.90 Å². The topological polar surface area (TPSA) is 38.8 Å². The van der Waals surface area contributed by atoms with Crippen LogP contribution in [0.5, 0.6) is 5.75 Å². The maximum atomic E-state index is 12.3. The molecule has 1 amide bonds. The second kappa shape index (κ2) is 6.75. The summed E-state index contributed by atoms with van der Waals surface area (Å²) in [5, 5.41) is 0. The first-order chi connectivity index (χ1) is 11.0. The molecular weight excluding hydrogens is 323 g/mol. The molecule has 0 aromatic heterocycles. The van der Waals surface area contributed by atoms with Gasteiger partial charge in [0.05, 0.1) is 0 Å². The van der Waals surface area contributed by atoms with Crippen LogP contribution >= 0.6 is 0 Å². The van der Waals surface area contributed by atoms with E-state index < -0.39 is 18.1 Å². The number of carbonyl (C=O) groups excluding carboxylic acids is 1. The summed E-state index contributed by atoms with van der Waals surface area (Å²) in [5.74, 6) is -0.254. The Bertz CT molecular complexity index is 633. The molecule has 1 aliphatic rings. The Labute approximate surface area is 138 Å². The Morgan fingerprint density at radius 2 is 1.92 bits per heavy atom. The highest BCUT2D eigenvalue weighted by atomic mass is 19.4. The zero-order valence-corrected chi connectivity index (χ0v) is 13.8. The van der Waals surface area contributed by atoms with E-state index in [0.29, 0.717) is 25.1 Å². The Hall–Kier alpha value is -2.18. The van der Waals surface area contributed by atoms with E-state index in [1.165, 1.54) is 18.2 Å². The van der Waals surface area contributed by atoms with Crippen LogP contribution in [0.15, 0.2) is 30.3 Å². The Morgan fingerprint density at radius 1 is 1.21 bits per heavy atom. The molecule has 1 aromatic rings. The third kappa shape index (κ3) is 5.47. The first-order valence-electron chi connectivity index (χ1n) is 7.57. The lowest BCUT2D eigenvalue weighted by atomic mass is 9.99. The summed E-state index contributed by atoms with van der Waals surface area (Å²) >= 11 is 0. The van der Waals surface area contributed by atoms with Crippen molar-refractivity contribution in [3.8, 4) is 5.75 Å². The van der Waals surface area contributed by atoms with Crippen LogP contribution in [-0.2, 0) is 4.74 Å². The molecule has 2 rings (SSSR count). The van der Waals surface area contributed by atoms with Crippen molar-refractivity contribution < 1.29 is 27.4 Å². The Balaban J connectivity index is 2.05. The van der Waals surface area contributed by atoms with Gasteiger partial charge in [0.2, 0.25) is 0 Å². The predicted molar refractivity (Wildman–Crippen MR) is 83.5 cm³/mol. The van der Waals surface area contributed by atoms with Crippen molar-refractivity contribution in [1.29, 1.82) is 0 Å². The molecule has 0 saturated carbocycles. The molecule has 0 spiro atoms. The van der Waals surface area contributed by atoms with Crippen LogP contribution in [0.2, 0.25) is 0 Å². The van der Waals surface area contributed by atoms with Gasteiger partial charge in [0.25, 0.3) is 0 Å². The van der Waals surface area contributed by atoms with Gasteiger partial charge in [-0.25, -0.2) is 4.79 Å². The van der Waals surface area contributed by atoms with Crippen molar-refractivity contribution in [3.63, 3.8) is 0 Å². The van der Waals surface area contributed by atoms with Gasteiger partial charge >= 0.3 is 12.5 Å². The summed E-state index contributed by atoms with van der Waals surface area (Å²) < 4.78 is 46.1. The average Bonchev–Trinajstić information content (AvgIpc) is 2.44. The molecule has 1 aliphatic heterocycles. The number of rotatable bonds is 2. The summed E-state index contributed by atoms with van der Waals surface area (Å²) in [7, 11) is 0. The number of ether oxygens (including phenoxy) is 2. The van der Waals surface area contributed by atoms with Gasteiger partial charge in [0.15, 0.2) is 0 Å². The third-order valence-electron chi connectivity index (χ3n) is 3.30. The van der Waals surface area contributed by atoms with E-state index in [1.807, 2.05) is 6.08 Å². The first kappa shape index (κ1) is 18.2. The smallest absolute Gasteiger partial charge is 0.444 e. The van der Waals surface area contributed by atoms with Crippen LogP contribution in [0.3, 0.4) is 0 Å². The van der Waals surface area contributed by atoms with Gasteiger partial charge in [-0.05, 0) is 50.5 Å². The molecule has 0 N–H and O–H groups in total. The van der Waals surface area contributed by atoms with Crippen LogP contribution in [0.1, 0.15) is 32.8 Å². The van der Waals surface area contributed by atoms with Crippen LogP contribution in [-0.4, -0.2) is 36.0 Å². The molecule has 132 valence electrons. The number of alkyl halides is 3. The van der Waals surface area contributed by atoms with Gasteiger partial charge in [-0.2, -0.15) is 0 Å². The summed E-state index contributed by atoms with van der Waals surface area (Å²) in [6, 6.07) is 5.84. The minimum Gasteiger partial charge on any atom is -0.444 e. The van der Waals surface area contributed by atoms with Gasteiger partial charge in [-0.3, -0.25) is 0 Å². The molecule has 1 aromatic carbocycles. The number of hydrogen-bond donors (Lipinski definition) is 0. The minimum atomic E-state index is -4.72. The molecule has 0 atom stereocenters. The largest absolute Gasteiger partial charge is 0.573 e. The fourth-order valence-electron chi connectivity index (χ4n) is 2.32. The van der Waals surface area contributed by atoms with E-state index in [-0.39, 0.29) is 5.75 Å². The summed E-state index contributed by atoms with van der Waals surface area (Å²) in [6.07, 6.45) is -2.76. The molecule has 1 heterocycles. The van der Waals surface area contributed by atoms with Crippen molar-refractivity contribution in [3.05, 3.63) is 35.9 Å². The van der Waals surface area contributed by atoms with Crippen LogP contribution in [0, 0.1) is 0 Å². The van der Waals surface area contributed by atoms with Gasteiger partial charge in [0.1, 0.15) is 11.4 Å². The van der Waals surface area contributed by atoms with E-state index in [0.717, 1.165) is 5.57 Å². The number of benzene rings is 1. The third-order valence-corrected chi connectivity index (χ3v) is 3.30. The van der Waals surface area contributed by atoms with E-state index in [4.69, 9.17) is 4.74 Å². The fraction of sp³-hybridized carbons (Fsp3) is 0.471. The number of carbonyl (C=O) groups is 1. The molecule has 0 unspecified atom stereocenters. The van der Waals surface area contributed by atoms with E-state index in [1.54, 1.807) is 31.7 Å².